The van der Waals surface area contributed by atoms with Crippen LogP contribution in [0.15, 0.2) is 0 Å². The van der Waals surface area contributed by atoms with Crippen molar-refractivity contribution in [3.8, 4) is 0 Å². The van der Waals surface area contributed by atoms with Gasteiger partial charge in [0.05, 0.1) is 18.8 Å². The smallest absolute Gasteiger partial charge is 0.0976 e. The Morgan fingerprint density at radius 3 is 2.64 bits per heavy atom. The van der Waals surface area contributed by atoms with E-state index in [1.54, 1.807) is 0 Å². The molecule has 1 aliphatic rings. The molecule has 0 aromatic rings. The lowest BCUT2D eigenvalue weighted by molar-refractivity contribution is 0.0399. The lowest BCUT2D eigenvalue weighted by Gasteiger charge is -2.20. The van der Waals surface area contributed by atoms with Crippen LogP contribution in [0.1, 0.15) is 13.3 Å². The van der Waals surface area contributed by atoms with Crippen LogP contribution in [0.3, 0.4) is 0 Å². The fraction of sp³-hybridized carbons (Fsp3) is 1.00. The quantitative estimate of drug-likeness (QED) is 0.359. The van der Waals surface area contributed by atoms with E-state index in [2.05, 4.69) is 10.6 Å². The Balaban J connectivity index is 2.24. The van der Waals surface area contributed by atoms with Gasteiger partial charge in [0.1, 0.15) is 0 Å². The summed E-state index contributed by atoms with van der Waals surface area (Å²) >= 11 is 0. The number of hydrogen-bond acceptors (Lipinski definition) is 5. The third kappa shape index (κ3) is 2.90. The van der Waals surface area contributed by atoms with Crippen molar-refractivity contribution in [2.45, 2.75) is 37.6 Å². The Kier molecular flexibility index (Phi) is 4.77. The Bertz CT molecular complexity index is 164. The lowest BCUT2D eigenvalue weighted by atomic mass is 10.1. The van der Waals surface area contributed by atoms with Crippen LogP contribution < -0.4 is 10.6 Å². The maximum absolute atomic E-state index is 9.50. The molecule has 0 radical (unpaired) electrons. The van der Waals surface area contributed by atoms with E-state index in [1.807, 2.05) is 6.92 Å². The topological polar surface area (TPSA) is 84.8 Å². The zero-order chi connectivity index (χ0) is 10.6. The van der Waals surface area contributed by atoms with Crippen LogP contribution in [0, 0.1) is 0 Å². The fourth-order valence-electron chi connectivity index (χ4n) is 1.61. The van der Waals surface area contributed by atoms with Crippen LogP contribution in [0.2, 0.25) is 0 Å². The van der Waals surface area contributed by atoms with Gasteiger partial charge in [0.25, 0.3) is 0 Å². The van der Waals surface area contributed by atoms with Crippen molar-refractivity contribution in [3.63, 3.8) is 0 Å². The minimum Gasteiger partial charge on any atom is -0.395 e. The van der Waals surface area contributed by atoms with Gasteiger partial charge in [0, 0.05) is 25.2 Å². The molecule has 1 heterocycles. The van der Waals surface area contributed by atoms with E-state index >= 15 is 0 Å². The number of hydrogen-bond donors (Lipinski definition) is 5. The van der Waals surface area contributed by atoms with E-state index in [4.69, 9.17) is 5.11 Å². The summed E-state index contributed by atoms with van der Waals surface area (Å²) in [6, 6.07) is -0.0488. The van der Waals surface area contributed by atoms with Crippen molar-refractivity contribution in [2.24, 2.45) is 0 Å². The van der Waals surface area contributed by atoms with Gasteiger partial charge in [0.15, 0.2) is 0 Å². The molecule has 84 valence electrons. The van der Waals surface area contributed by atoms with E-state index in [1.165, 1.54) is 0 Å². The average Bonchev–Trinajstić information content (AvgIpc) is 2.51. The Hall–Kier alpha value is -0.200. The third-order valence-electron chi connectivity index (χ3n) is 2.74. The summed E-state index contributed by atoms with van der Waals surface area (Å²) in [5, 5.41) is 33.8. The monoisotopic (exact) mass is 204 g/mol. The number of rotatable bonds is 5. The van der Waals surface area contributed by atoms with E-state index < -0.39 is 12.2 Å². The zero-order valence-electron chi connectivity index (χ0n) is 8.48. The van der Waals surface area contributed by atoms with E-state index in [0.717, 1.165) is 6.42 Å². The Labute approximate surface area is 84.1 Å². The van der Waals surface area contributed by atoms with Gasteiger partial charge in [0.2, 0.25) is 0 Å². The molecule has 4 atom stereocenters. The Morgan fingerprint density at radius 1 is 1.50 bits per heavy atom. The molecule has 0 amide bonds. The van der Waals surface area contributed by atoms with Crippen LogP contribution in [-0.4, -0.2) is 59.3 Å². The van der Waals surface area contributed by atoms with E-state index in [9.17, 15) is 10.2 Å². The summed E-state index contributed by atoms with van der Waals surface area (Å²) in [6.07, 6.45) is -0.531. The molecule has 0 unspecified atom stereocenters. The first-order valence-electron chi connectivity index (χ1n) is 5.12. The second-order valence-corrected chi connectivity index (χ2v) is 3.77. The van der Waals surface area contributed by atoms with Gasteiger partial charge in [-0.1, -0.05) is 6.92 Å². The van der Waals surface area contributed by atoms with Crippen molar-refractivity contribution in [1.29, 1.82) is 0 Å². The molecular formula is C9H20N2O3. The largest absolute Gasteiger partial charge is 0.395 e. The van der Waals surface area contributed by atoms with Crippen molar-refractivity contribution in [2.75, 3.05) is 19.7 Å². The summed E-state index contributed by atoms with van der Waals surface area (Å²) in [5.74, 6) is 0. The highest BCUT2D eigenvalue weighted by Gasteiger charge is 2.32. The van der Waals surface area contributed by atoms with E-state index in [0.29, 0.717) is 13.1 Å². The summed E-state index contributed by atoms with van der Waals surface area (Å²) in [7, 11) is 0. The highest BCUT2D eigenvalue weighted by Crippen LogP contribution is 2.07. The van der Waals surface area contributed by atoms with Crippen molar-refractivity contribution >= 4 is 0 Å². The van der Waals surface area contributed by atoms with Gasteiger partial charge >= 0.3 is 0 Å². The molecule has 5 nitrogen and oxygen atoms in total. The summed E-state index contributed by atoms with van der Waals surface area (Å²) < 4.78 is 0. The van der Waals surface area contributed by atoms with Gasteiger partial charge in [-0.25, -0.2) is 0 Å². The molecule has 1 saturated heterocycles. The second-order valence-electron chi connectivity index (χ2n) is 3.77. The summed E-state index contributed by atoms with van der Waals surface area (Å²) in [5.41, 5.74) is 0. The van der Waals surface area contributed by atoms with Crippen LogP contribution in [0.25, 0.3) is 0 Å². The molecular weight excluding hydrogens is 184 g/mol. The van der Waals surface area contributed by atoms with Gasteiger partial charge in [-0.05, 0) is 6.42 Å². The highest BCUT2D eigenvalue weighted by atomic mass is 16.3. The maximum atomic E-state index is 9.50. The molecule has 14 heavy (non-hydrogen) atoms. The number of aliphatic hydroxyl groups is 3. The first-order valence-corrected chi connectivity index (χ1v) is 5.12. The highest BCUT2D eigenvalue weighted by molar-refractivity contribution is 4.92. The van der Waals surface area contributed by atoms with Crippen LogP contribution in [-0.2, 0) is 0 Å². The molecule has 1 aliphatic heterocycles. The molecule has 1 fully saturated rings. The maximum Gasteiger partial charge on any atom is 0.0976 e. The van der Waals surface area contributed by atoms with Gasteiger partial charge in [-0.15, -0.1) is 0 Å². The SMILES string of the molecule is CC[C@@H](CO)NC[C@H]1NC[C@@H](O)[C@@H]1O. The molecule has 0 aromatic carbocycles. The zero-order valence-corrected chi connectivity index (χ0v) is 8.48. The second kappa shape index (κ2) is 5.63. The normalized spacial score (nSPS) is 34.7. The van der Waals surface area contributed by atoms with Crippen LogP contribution >= 0.6 is 0 Å². The molecule has 0 aliphatic carbocycles. The molecule has 0 saturated carbocycles. The standard InChI is InChI=1S/C9H20N2O3/c1-2-6(5-12)10-3-7-9(14)8(13)4-11-7/h6-14H,2-5H2,1H3/t6-,7+,8+,9+/m0/s1. The van der Waals surface area contributed by atoms with Gasteiger partial charge < -0.3 is 26.0 Å². The number of β-amino-alcohol motifs (C(OH)–C–C–N with tert-alkyl or cyclic N) is 1. The average molecular weight is 204 g/mol. The van der Waals surface area contributed by atoms with Gasteiger partial charge in [-0.3, -0.25) is 0 Å². The first kappa shape index (κ1) is 11.9. The van der Waals surface area contributed by atoms with Crippen molar-refractivity contribution in [3.05, 3.63) is 0 Å². The predicted octanol–water partition coefficient (Wildman–Crippen LogP) is -1.96. The van der Waals surface area contributed by atoms with Crippen molar-refractivity contribution in [1.82, 2.24) is 10.6 Å². The fourth-order valence-corrected chi connectivity index (χ4v) is 1.61. The Morgan fingerprint density at radius 2 is 2.21 bits per heavy atom. The molecule has 5 heteroatoms. The molecule has 1 rings (SSSR count). The predicted molar refractivity (Wildman–Crippen MR) is 53.0 cm³/mol. The minimum absolute atomic E-state index is 0.0711. The molecule has 0 spiro atoms. The summed E-state index contributed by atoms with van der Waals surface area (Å²) in [4.78, 5) is 0. The van der Waals surface area contributed by atoms with E-state index in [-0.39, 0.29) is 18.7 Å². The molecule has 5 N–H and O–H groups in total. The first-order chi connectivity index (χ1) is 6.69. The third-order valence-corrected chi connectivity index (χ3v) is 2.74. The van der Waals surface area contributed by atoms with Crippen LogP contribution in [0.4, 0.5) is 0 Å². The minimum atomic E-state index is -0.710. The van der Waals surface area contributed by atoms with Crippen molar-refractivity contribution < 1.29 is 15.3 Å². The van der Waals surface area contributed by atoms with Gasteiger partial charge in [-0.2, -0.15) is 0 Å². The number of aliphatic hydroxyl groups excluding tert-OH is 3. The molecule has 0 bridgehead atoms. The number of nitrogens with one attached hydrogen (secondary N) is 2. The lowest BCUT2D eigenvalue weighted by Crippen LogP contribution is -2.45. The van der Waals surface area contributed by atoms with Crippen LogP contribution in [0.5, 0.6) is 0 Å². The summed E-state index contributed by atoms with van der Waals surface area (Å²) in [6.45, 7) is 3.09. The molecule has 0 aromatic heterocycles.